The number of carbonyl (C=O) groups is 2. The summed E-state index contributed by atoms with van der Waals surface area (Å²) in [6.45, 7) is 6.49. The Labute approximate surface area is 159 Å². The van der Waals surface area contributed by atoms with Crippen molar-refractivity contribution in [3.63, 3.8) is 0 Å². The lowest BCUT2D eigenvalue weighted by atomic mass is 10.1. The Bertz CT molecular complexity index is 643. The number of hydrogen-bond donors (Lipinski definition) is 1. The predicted molar refractivity (Wildman–Crippen MR) is 101 cm³/mol. The Balaban J connectivity index is 1.95. The number of nitrogens with zero attached hydrogens (tertiary/aromatic N) is 1. The van der Waals surface area contributed by atoms with Crippen molar-refractivity contribution in [1.82, 2.24) is 10.2 Å². The van der Waals surface area contributed by atoms with E-state index in [0.717, 1.165) is 25.9 Å². The fourth-order valence-corrected chi connectivity index (χ4v) is 3.02. The van der Waals surface area contributed by atoms with Crippen molar-refractivity contribution < 1.29 is 19.1 Å². The third-order valence-electron chi connectivity index (χ3n) is 4.14. The van der Waals surface area contributed by atoms with E-state index >= 15 is 0 Å². The quantitative estimate of drug-likeness (QED) is 0.750. The van der Waals surface area contributed by atoms with E-state index < -0.39 is 0 Å². The first-order valence-electron chi connectivity index (χ1n) is 8.98. The van der Waals surface area contributed by atoms with Crippen LogP contribution in [0.5, 0.6) is 11.5 Å². The summed E-state index contributed by atoms with van der Waals surface area (Å²) >= 11 is 6.27. The van der Waals surface area contributed by atoms with Gasteiger partial charge in [0.2, 0.25) is 5.91 Å². The van der Waals surface area contributed by atoms with Crippen LogP contribution in [0.15, 0.2) is 12.1 Å². The summed E-state index contributed by atoms with van der Waals surface area (Å²) in [4.78, 5) is 26.2. The van der Waals surface area contributed by atoms with Crippen LogP contribution in [0, 0.1) is 5.92 Å². The first-order chi connectivity index (χ1) is 12.4. The molecule has 1 N–H and O–H groups in total. The molecule has 1 aromatic rings. The highest BCUT2D eigenvalue weighted by atomic mass is 35.5. The van der Waals surface area contributed by atoms with E-state index in [-0.39, 0.29) is 11.8 Å². The van der Waals surface area contributed by atoms with Crippen LogP contribution in [0.2, 0.25) is 5.02 Å². The van der Waals surface area contributed by atoms with Gasteiger partial charge in [-0.15, -0.1) is 0 Å². The number of hydrogen-bond acceptors (Lipinski definition) is 4. The Hall–Kier alpha value is -1.95. The number of nitrogens with one attached hydrogen (secondary N) is 1. The average Bonchev–Trinajstić information content (AvgIpc) is 3.14. The third-order valence-corrected chi connectivity index (χ3v) is 4.42. The zero-order valence-electron chi connectivity index (χ0n) is 15.6. The van der Waals surface area contributed by atoms with Crippen molar-refractivity contribution in [2.24, 2.45) is 5.92 Å². The lowest BCUT2D eigenvalue weighted by Crippen LogP contribution is -2.32. The second-order valence-electron chi connectivity index (χ2n) is 6.79. The molecule has 0 bridgehead atoms. The molecule has 0 radical (unpaired) electrons. The number of amides is 2. The minimum atomic E-state index is -0.296. The Kier molecular flexibility index (Phi) is 7.57. The van der Waals surface area contributed by atoms with Gasteiger partial charge in [0.25, 0.3) is 5.91 Å². The zero-order valence-corrected chi connectivity index (χ0v) is 16.4. The van der Waals surface area contributed by atoms with Crippen molar-refractivity contribution >= 4 is 23.4 Å². The summed E-state index contributed by atoms with van der Waals surface area (Å²) in [5.41, 5.74) is 0.373. The molecule has 1 aliphatic rings. The molecular weight excluding hydrogens is 356 g/mol. The van der Waals surface area contributed by atoms with Gasteiger partial charge in [0.1, 0.15) is 0 Å². The molecule has 0 aromatic heterocycles. The second kappa shape index (κ2) is 9.67. The fraction of sp³-hybridized carbons (Fsp3) is 0.579. The van der Waals surface area contributed by atoms with Crippen molar-refractivity contribution in [3.8, 4) is 11.5 Å². The highest BCUT2D eigenvalue weighted by Gasteiger charge is 2.19. The maximum Gasteiger partial charge on any atom is 0.251 e. The van der Waals surface area contributed by atoms with Crippen LogP contribution in [0.3, 0.4) is 0 Å². The van der Waals surface area contributed by atoms with E-state index in [9.17, 15) is 9.59 Å². The Morgan fingerprint density at radius 1 is 1.27 bits per heavy atom. The number of benzene rings is 1. The molecule has 2 rings (SSSR count). The van der Waals surface area contributed by atoms with Gasteiger partial charge in [-0.05, 0) is 30.9 Å². The lowest BCUT2D eigenvalue weighted by molar-refractivity contribution is -0.129. The molecule has 0 aliphatic carbocycles. The van der Waals surface area contributed by atoms with Gasteiger partial charge >= 0.3 is 0 Å². The molecule has 0 unspecified atom stereocenters. The van der Waals surface area contributed by atoms with Gasteiger partial charge in [-0.2, -0.15) is 0 Å². The normalized spacial score (nSPS) is 13.8. The third kappa shape index (κ3) is 5.53. The summed E-state index contributed by atoms with van der Waals surface area (Å²) < 4.78 is 11.0. The Morgan fingerprint density at radius 2 is 1.96 bits per heavy atom. The van der Waals surface area contributed by atoms with Crippen LogP contribution >= 0.6 is 11.6 Å². The lowest BCUT2D eigenvalue weighted by Gasteiger charge is -2.16. The first kappa shape index (κ1) is 20.4. The standard InChI is InChI=1S/C19H27ClN2O4/c1-13(2)12-26-18-15(20)10-14(11-16(18)25-3)19(24)21-7-6-17(23)22-8-4-5-9-22/h10-11,13H,4-9,12H2,1-3H3,(H,21,24). The molecule has 1 aromatic carbocycles. The summed E-state index contributed by atoms with van der Waals surface area (Å²) in [6, 6.07) is 3.15. The molecule has 1 aliphatic heterocycles. The second-order valence-corrected chi connectivity index (χ2v) is 7.20. The van der Waals surface area contributed by atoms with Crippen LogP contribution in [0.4, 0.5) is 0 Å². The minimum Gasteiger partial charge on any atom is -0.493 e. The number of rotatable bonds is 8. The molecule has 26 heavy (non-hydrogen) atoms. The van der Waals surface area contributed by atoms with Crippen LogP contribution in [0.1, 0.15) is 43.5 Å². The monoisotopic (exact) mass is 382 g/mol. The van der Waals surface area contributed by atoms with Crippen LogP contribution in [0.25, 0.3) is 0 Å². The van der Waals surface area contributed by atoms with Crippen molar-refractivity contribution in [2.75, 3.05) is 33.4 Å². The maximum absolute atomic E-state index is 12.4. The smallest absolute Gasteiger partial charge is 0.251 e. The first-order valence-corrected chi connectivity index (χ1v) is 9.36. The van der Waals surface area contributed by atoms with E-state index in [0.29, 0.717) is 47.6 Å². The molecule has 144 valence electrons. The van der Waals surface area contributed by atoms with E-state index in [4.69, 9.17) is 21.1 Å². The van der Waals surface area contributed by atoms with Crippen molar-refractivity contribution in [3.05, 3.63) is 22.7 Å². The molecule has 1 saturated heterocycles. The Morgan fingerprint density at radius 3 is 2.58 bits per heavy atom. The summed E-state index contributed by atoms with van der Waals surface area (Å²) in [7, 11) is 1.50. The topological polar surface area (TPSA) is 67.9 Å². The van der Waals surface area contributed by atoms with Gasteiger partial charge < -0.3 is 19.7 Å². The predicted octanol–water partition coefficient (Wildman–Crippen LogP) is 3.13. The summed E-state index contributed by atoms with van der Waals surface area (Å²) in [5.74, 6) is 0.970. The highest BCUT2D eigenvalue weighted by molar-refractivity contribution is 6.32. The number of halogens is 1. The van der Waals surface area contributed by atoms with E-state index in [1.54, 1.807) is 12.1 Å². The van der Waals surface area contributed by atoms with E-state index in [2.05, 4.69) is 5.32 Å². The number of likely N-dealkylation sites (tertiary alicyclic amines) is 1. The van der Waals surface area contributed by atoms with Crippen LogP contribution in [-0.2, 0) is 4.79 Å². The van der Waals surface area contributed by atoms with Gasteiger partial charge in [-0.1, -0.05) is 25.4 Å². The molecule has 1 fully saturated rings. The van der Waals surface area contributed by atoms with Gasteiger partial charge in [0.15, 0.2) is 11.5 Å². The molecule has 0 spiro atoms. The molecular formula is C19H27ClN2O4. The molecule has 0 saturated carbocycles. The van der Waals surface area contributed by atoms with Crippen molar-refractivity contribution in [1.29, 1.82) is 0 Å². The maximum atomic E-state index is 12.4. The van der Waals surface area contributed by atoms with E-state index in [1.807, 2.05) is 18.7 Å². The SMILES string of the molecule is COc1cc(C(=O)NCCC(=O)N2CCCC2)cc(Cl)c1OCC(C)C. The summed E-state index contributed by atoms with van der Waals surface area (Å²) in [6.07, 6.45) is 2.41. The highest BCUT2D eigenvalue weighted by Crippen LogP contribution is 2.36. The number of ether oxygens (including phenoxy) is 2. The largest absolute Gasteiger partial charge is 0.493 e. The van der Waals surface area contributed by atoms with Gasteiger partial charge in [-0.3, -0.25) is 9.59 Å². The minimum absolute atomic E-state index is 0.0795. The van der Waals surface area contributed by atoms with Gasteiger partial charge in [-0.25, -0.2) is 0 Å². The molecule has 0 atom stereocenters. The van der Waals surface area contributed by atoms with E-state index in [1.165, 1.54) is 7.11 Å². The van der Waals surface area contributed by atoms with Crippen LogP contribution < -0.4 is 14.8 Å². The van der Waals surface area contributed by atoms with Gasteiger partial charge in [0.05, 0.1) is 18.7 Å². The van der Waals surface area contributed by atoms with Crippen molar-refractivity contribution in [2.45, 2.75) is 33.1 Å². The summed E-state index contributed by atoms with van der Waals surface area (Å²) in [5, 5.41) is 3.08. The molecule has 2 amide bonds. The molecule has 1 heterocycles. The zero-order chi connectivity index (χ0) is 19.1. The average molecular weight is 383 g/mol. The van der Waals surface area contributed by atoms with Crippen LogP contribution in [-0.4, -0.2) is 50.1 Å². The molecule has 7 heteroatoms. The fourth-order valence-electron chi connectivity index (χ4n) is 2.75. The molecule has 6 nitrogen and oxygen atoms in total. The number of methoxy groups -OCH3 is 1. The van der Waals surface area contributed by atoms with Gasteiger partial charge in [0, 0.05) is 31.6 Å². The number of carbonyl (C=O) groups excluding carboxylic acids is 2.